The largest absolute Gasteiger partial charge is 0.294 e. The van der Waals surface area contributed by atoms with Crippen LogP contribution in [-0.2, 0) is 13.5 Å². The lowest BCUT2D eigenvalue weighted by molar-refractivity contribution is 0.0991. The number of carbonyl (C=O) groups is 1. The molecule has 0 radical (unpaired) electrons. The molecule has 1 aromatic carbocycles. The lowest BCUT2D eigenvalue weighted by Gasteiger charge is -2.05. The number of hydrogen-bond donors (Lipinski definition) is 0. The first-order valence-corrected chi connectivity index (χ1v) is 6.63. The zero-order chi connectivity index (χ0) is 13.3. The highest BCUT2D eigenvalue weighted by Crippen LogP contribution is 2.27. The van der Waals surface area contributed by atoms with Gasteiger partial charge >= 0.3 is 0 Å². The van der Waals surface area contributed by atoms with Gasteiger partial charge in [-0.05, 0) is 41.1 Å². The van der Waals surface area contributed by atoms with Crippen LogP contribution in [0.5, 0.6) is 0 Å². The summed E-state index contributed by atoms with van der Waals surface area (Å²) in [4.78, 5) is 12.2. The molecule has 0 unspecified atom stereocenters. The smallest absolute Gasteiger partial charge is 0.170 e. The maximum Gasteiger partial charge on any atom is 0.170 e. The van der Waals surface area contributed by atoms with Gasteiger partial charge in [-0.15, -0.1) is 0 Å². The minimum absolute atomic E-state index is 0.00991. The van der Waals surface area contributed by atoms with E-state index in [0.717, 1.165) is 15.9 Å². The number of benzene rings is 1. The maximum atomic E-state index is 12.2. The van der Waals surface area contributed by atoms with Crippen molar-refractivity contribution in [2.24, 2.45) is 7.05 Å². The van der Waals surface area contributed by atoms with Crippen LogP contribution in [0, 0.1) is 6.92 Å². The summed E-state index contributed by atoms with van der Waals surface area (Å²) in [6, 6.07) is 7.26. The monoisotopic (exact) mass is 326 g/mol. The molecule has 0 bridgehead atoms. The van der Waals surface area contributed by atoms with Crippen molar-refractivity contribution in [2.45, 2.75) is 13.3 Å². The zero-order valence-corrected chi connectivity index (χ0v) is 12.4. The third-order valence-corrected chi connectivity index (χ3v) is 3.99. The standard InChI is InChI=1S/C13H12BrClN2O/c1-8-6-9(17(2)16-8)7-12(18)10-4-3-5-11(14)13(10)15/h3-6H,7H2,1-2H3. The fraction of sp³-hybridized carbons (Fsp3) is 0.231. The molecule has 0 aliphatic heterocycles. The van der Waals surface area contributed by atoms with Crippen LogP contribution in [0.3, 0.4) is 0 Å². The van der Waals surface area contributed by atoms with Gasteiger partial charge in [0.05, 0.1) is 17.1 Å². The van der Waals surface area contributed by atoms with Gasteiger partial charge in [-0.2, -0.15) is 5.10 Å². The molecule has 2 aromatic rings. The van der Waals surface area contributed by atoms with Crippen LogP contribution in [0.1, 0.15) is 21.7 Å². The van der Waals surface area contributed by atoms with E-state index in [1.54, 1.807) is 16.8 Å². The Morgan fingerprint density at radius 1 is 1.50 bits per heavy atom. The Kier molecular flexibility index (Phi) is 3.88. The van der Waals surface area contributed by atoms with E-state index in [9.17, 15) is 4.79 Å². The van der Waals surface area contributed by atoms with E-state index in [4.69, 9.17) is 11.6 Å². The minimum atomic E-state index is -0.00991. The van der Waals surface area contributed by atoms with Crippen molar-refractivity contribution < 1.29 is 4.79 Å². The summed E-state index contributed by atoms with van der Waals surface area (Å²) in [5, 5.41) is 4.68. The van der Waals surface area contributed by atoms with Gasteiger partial charge in [0.25, 0.3) is 0 Å². The number of rotatable bonds is 3. The summed E-state index contributed by atoms with van der Waals surface area (Å²) in [6.45, 7) is 1.90. The van der Waals surface area contributed by atoms with Gasteiger partial charge in [-0.3, -0.25) is 9.48 Å². The summed E-state index contributed by atoms with van der Waals surface area (Å²) < 4.78 is 2.45. The predicted octanol–water partition coefficient (Wildman–Crippen LogP) is 3.57. The lowest BCUT2D eigenvalue weighted by atomic mass is 10.1. The van der Waals surface area contributed by atoms with Crippen molar-refractivity contribution in [3.63, 3.8) is 0 Å². The summed E-state index contributed by atoms with van der Waals surface area (Å²) in [6.07, 6.45) is 0.299. The molecule has 0 aliphatic rings. The van der Waals surface area contributed by atoms with Crippen molar-refractivity contribution in [3.8, 4) is 0 Å². The van der Waals surface area contributed by atoms with Crippen molar-refractivity contribution in [1.29, 1.82) is 0 Å². The Bertz CT molecular complexity index is 607. The molecule has 0 fully saturated rings. The van der Waals surface area contributed by atoms with E-state index in [-0.39, 0.29) is 5.78 Å². The van der Waals surface area contributed by atoms with E-state index in [1.807, 2.05) is 26.1 Å². The Labute approximate surface area is 119 Å². The Hall–Kier alpha value is -1.13. The van der Waals surface area contributed by atoms with Crippen LogP contribution in [0.2, 0.25) is 5.02 Å². The summed E-state index contributed by atoms with van der Waals surface area (Å²) in [7, 11) is 1.83. The molecule has 2 rings (SSSR count). The molecule has 0 amide bonds. The highest BCUT2D eigenvalue weighted by molar-refractivity contribution is 9.10. The molecular weight excluding hydrogens is 316 g/mol. The number of aryl methyl sites for hydroxylation is 2. The molecule has 0 N–H and O–H groups in total. The second-order valence-electron chi connectivity index (χ2n) is 4.10. The number of aromatic nitrogens is 2. The Morgan fingerprint density at radius 3 is 2.83 bits per heavy atom. The normalized spacial score (nSPS) is 10.7. The molecule has 0 saturated heterocycles. The first kappa shape index (κ1) is 13.3. The number of hydrogen-bond acceptors (Lipinski definition) is 2. The van der Waals surface area contributed by atoms with Crippen molar-refractivity contribution >= 4 is 33.3 Å². The van der Waals surface area contributed by atoms with Gasteiger partial charge in [-0.25, -0.2) is 0 Å². The van der Waals surface area contributed by atoms with Crippen molar-refractivity contribution in [3.05, 3.63) is 50.7 Å². The molecule has 0 atom stereocenters. The summed E-state index contributed by atoms with van der Waals surface area (Å²) in [5.41, 5.74) is 2.32. The number of halogens is 2. The van der Waals surface area contributed by atoms with Gasteiger partial charge in [0.15, 0.2) is 5.78 Å². The van der Waals surface area contributed by atoms with E-state index in [2.05, 4.69) is 21.0 Å². The second kappa shape index (κ2) is 5.24. The van der Waals surface area contributed by atoms with Gasteiger partial charge in [0, 0.05) is 22.8 Å². The topological polar surface area (TPSA) is 34.9 Å². The summed E-state index contributed by atoms with van der Waals surface area (Å²) in [5.74, 6) is -0.00991. The highest BCUT2D eigenvalue weighted by Gasteiger charge is 2.15. The van der Waals surface area contributed by atoms with Crippen molar-refractivity contribution in [1.82, 2.24) is 9.78 Å². The molecule has 1 heterocycles. The molecule has 94 valence electrons. The molecule has 5 heteroatoms. The Morgan fingerprint density at radius 2 is 2.22 bits per heavy atom. The molecule has 3 nitrogen and oxygen atoms in total. The molecule has 18 heavy (non-hydrogen) atoms. The molecule has 1 aromatic heterocycles. The zero-order valence-electron chi connectivity index (χ0n) is 10.1. The quantitative estimate of drug-likeness (QED) is 0.808. The predicted molar refractivity (Wildman–Crippen MR) is 75.1 cm³/mol. The van der Waals surface area contributed by atoms with Crippen LogP contribution < -0.4 is 0 Å². The van der Waals surface area contributed by atoms with E-state index >= 15 is 0 Å². The van der Waals surface area contributed by atoms with E-state index in [1.165, 1.54) is 0 Å². The molecule has 0 aliphatic carbocycles. The fourth-order valence-corrected chi connectivity index (χ4v) is 2.41. The highest BCUT2D eigenvalue weighted by atomic mass is 79.9. The first-order valence-electron chi connectivity index (χ1n) is 5.45. The summed E-state index contributed by atoms with van der Waals surface area (Å²) >= 11 is 9.43. The molecule has 0 spiro atoms. The average molecular weight is 328 g/mol. The molecular formula is C13H12BrClN2O. The SMILES string of the molecule is Cc1cc(CC(=O)c2cccc(Br)c2Cl)n(C)n1. The Balaban J connectivity index is 2.27. The van der Waals surface area contributed by atoms with Gasteiger partial charge in [0.2, 0.25) is 0 Å². The minimum Gasteiger partial charge on any atom is -0.294 e. The number of carbonyl (C=O) groups excluding carboxylic acids is 1. The third-order valence-electron chi connectivity index (χ3n) is 2.69. The number of Topliss-reactive ketones (excluding diaryl/α,β-unsaturated/α-hetero) is 1. The van der Waals surface area contributed by atoms with Gasteiger partial charge < -0.3 is 0 Å². The van der Waals surface area contributed by atoms with Crippen LogP contribution in [0.25, 0.3) is 0 Å². The first-order chi connectivity index (χ1) is 8.49. The van der Waals surface area contributed by atoms with E-state index < -0.39 is 0 Å². The molecule has 0 saturated carbocycles. The van der Waals surface area contributed by atoms with Crippen LogP contribution in [0.4, 0.5) is 0 Å². The van der Waals surface area contributed by atoms with Crippen LogP contribution in [-0.4, -0.2) is 15.6 Å². The maximum absolute atomic E-state index is 12.2. The van der Waals surface area contributed by atoms with Crippen molar-refractivity contribution in [2.75, 3.05) is 0 Å². The van der Waals surface area contributed by atoms with Crippen LogP contribution in [0.15, 0.2) is 28.7 Å². The van der Waals surface area contributed by atoms with E-state index in [0.29, 0.717) is 17.0 Å². The van der Waals surface area contributed by atoms with Gasteiger partial charge in [0.1, 0.15) is 0 Å². The van der Waals surface area contributed by atoms with Gasteiger partial charge in [-0.1, -0.05) is 17.7 Å². The third kappa shape index (κ3) is 2.65. The van der Waals surface area contributed by atoms with Crippen LogP contribution >= 0.6 is 27.5 Å². The number of ketones is 1. The fourth-order valence-electron chi connectivity index (χ4n) is 1.81. The second-order valence-corrected chi connectivity index (χ2v) is 5.33. The lowest BCUT2D eigenvalue weighted by Crippen LogP contribution is -2.08. The average Bonchev–Trinajstić information content (AvgIpc) is 2.61. The number of nitrogens with zero attached hydrogens (tertiary/aromatic N) is 2.